The van der Waals surface area contributed by atoms with E-state index in [1.807, 2.05) is 0 Å². The molecule has 1 aliphatic rings. The topological polar surface area (TPSA) is 29.1 Å². The van der Waals surface area contributed by atoms with Crippen molar-refractivity contribution in [2.45, 2.75) is 6.42 Å². The molecule has 3 heteroatoms. The fourth-order valence-electron chi connectivity index (χ4n) is 1.04. The number of hydrogen-bond donors (Lipinski definition) is 1. The first-order chi connectivity index (χ1) is 4.34. The third-order valence-corrected chi connectivity index (χ3v) is 2.20. The molecular weight excluding hydrogens is 182 g/mol. The maximum absolute atomic E-state index is 10.9. The minimum Gasteiger partial charge on any atom is -0.316 e. The lowest BCUT2D eigenvalue weighted by Crippen LogP contribution is -2.18. The van der Waals surface area contributed by atoms with Crippen LogP contribution in [0.1, 0.15) is 6.42 Å². The van der Waals surface area contributed by atoms with Crippen molar-refractivity contribution in [2.24, 2.45) is 5.92 Å². The van der Waals surface area contributed by atoms with Crippen LogP contribution >= 0.6 is 15.9 Å². The van der Waals surface area contributed by atoms with Gasteiger partial charge in [0.25, 0.3) is 0 Å². The van der Waals surface area contributed by atoms with Crippen LogP contribution < -0.4 is 5.32 Å². The zero-order valence-corrected chi connectivity index (χ0v) is 6.78. The van der Waals surface area contributed by atoms with Crippen molar-refractivity contribution >= 4 is 21.7 Å². The molecule has 9 heavy (non-hydrogen) atoms. The number of nitrogens with one attached hydrogen (secondary N) is 1. The third kappa shape index (κ3) is 1.76. The highest BCUT2D eigenvalue weighted by molar-refractivity contribution is 9.09. The summed E-state index contributed by atoms with van der Waals surface area (Å²) in [7, 11) is 0. The molecule has 0 aromatic heterocycles. The second-order valence-electron chi connectivity index (χ2n) is 2.29. The Morgan fingerprint density at radius 2 is 2.56 bits per heavy atom. The summed E-state index contributed by atoms with van der Waals surface area (Å²) in [5.74, 6) is 0.615. The molecule has 1 heterocycles. The van der Waals surface area contributed by atoms with Gasteiger partial charge in [-0.3, -0.25) is 4.79 Å². The number of ketones is 1. The maximum atomic E-state index is 10.9. The molecule has 0 amide bonds. The van der Waals surface area contributed by atoms with Crippen molar-refractivity contribution in [3.8, 4) is 0 Å². The van der Waals surface area contributed by atoms with Crippen LogP contribution in [0.5, 0.6) is 0 Å². The molecule has 1 rings (SSSR count). The second kappa shape index (κ2) is 3.32. The smallest absolute Gasteiger partial charge is 0.147 e. The predicted molar refractivity (Wildman–Crippen MR) is 39.8 cm³/mol. The number of Topliss-reactive ketones (excluding diaryl/α,β-unsaturated/α-hetero) is 1. The van der Waals surface area contributed by atoms with Gasteiger partial charge in [-0.15, -0.1) is 0 Å². The zero-order valence-electron chi connectivity index (χ0n) is 5.19. The van der Waals surface area contributed by atoms with E-state index < -0.39 is 0 Å². The van der Waals surface area contributed by atoms with E-state index >= 15 is 0 Å². The van der Waals surface area contributed by atoms with Gasteiger partial charge < -0.3 is 5.32 Å². The molecular formula is C6H10BrNO. The van der Waals surface area contributed by atoms with Crippen molar-refractivity contribution in [3.05, 3.63) is 0 Å². The predicted octanol–water partition coefficient (Wildman–Crippen LogP) is 0.560. The molecule has 1 N–H and O–H groups in total. The monoisotopic (exact) mass is 191 g/mol. The molecule has 0 saturated carbocycles. The van der Waals surface area contributed by atoms with Crippen molar-refractivity contribution in [3.63, 3.8) is 0 Å². The molecule has 1 aliphatic heterocycles. The van der Waals surface area contributed by atoms with Gasteiger partial charge in [0.1, 0.15) is 5.78 Å². The molecule has 0 aromatic carbocycles. The fourth-order valence-corrected chi connectivity index (χ4v) is 1.50. The Kier molecular flexibility index (Phi) is 2.66. The van der Waals surface area contributed by atoms with Gasteiger partial charge in [-0.2, -0.15) is 0 Å². The van der Waals surface area contributed by atoms with Crippen molar-refractivity contribution in [2.75, 3.05) is 18.4 Å². The zero-order chi connectivity index (χ0) is 6.69. The van der Waals surface area contributed by atoms with E-state index in [1.54, 1.807) is 0 Å². The number of carbonyl (C=O) groups excluding carboxylic acids is 1. The molecule has 52 valence electrons. The highest BCUT2D eigenvalue weighted by Crippen LogP contribution is 2.09. The van der Waals surface area contributed by atoms with Crippen molar-refractivity contribution in [1.29, 1.82) is 0 Å². The van der Waals surface area contributed by atoms with Crippen LogP contribution in [0.15, 0.2) is 0 Å². The SMILES string of the molecule is O=C(CBr)C1CCNC1. The number of carbonyl (C=O) groups is 1. The summed E-state index contributed by atoms with van der Waals surface area (Å²) in [6.07, 6.45) is 1.02. The Morgan fingerprint density at radius 1 is 1.78 bits per heavy atom. The standard InChI is InChI=1S/C6H10BrNO/c7-3-6(9)5-1-2-8-4-5/h5,8H,1-4H2. The van der Waals surface area contributed by atoms with Gasteiger partial charge in [0.05, 0.1) is 5.33 Å². The number of hydrogen-bond acceptors (Lipinski definition) is 2. The second-order valence-corrected chi connectivity index (χ2v) is 2.85. The van der Waals surface area contributed by atoms with Crippen LogP contribution in [0.4, 0.5) is 0 Å². The highest BCUT2D eigenvalue weighted by atomic mass is 79.9. The van der Waals surface area contributed by atoms with Crippen LogP contribution in [-0.2, 0) is 4.79 Å². The molecule has 0 radical (unpaired) electrons. The summed E-state index contributed by atoms with van der Waals surface area (Å²) in [5, 5.41) is 3.66. The average Bonchev–Trinajstić information content (AvgIpc) is 2.37. The van der Waals surface area contributed by atoms with Gasteiger partial charge in [-0.05, 0) is 13.0 Å². The lowest BCUT2D eigenvalue weighted by atomic mass is 10.1. The van der Waals surface area contributed by atoms with Crippen LogP contribution in [0, 0.1) is 5.92 Å². The molecule has 1 atom stereocenters. The Hall–Kier alpha value is 0.110. The number of halogens is 1. The van der Waals surface area contributed by atoms with E-state index in [0.29, 0.717) is 11.1 Å². The van der Waals surface area contributed by atoms with E-state index in [9.17, 15) is 4.79 Å². The first-order valence-corrected chi connectivity index (χ1v) is 4.26. The average molecular weight is 192 g/mol. The summed E-state index contributed by atoms with van der Waals surface area (Å²) in [5.41, 5.74) is 0. The molecule has 0 aromatic rings. The Balaban J connectivity index is 2.32. The number of alkyl halides is 1. The van der Waals surface area contributed by atoms with Gasteiger partial charge in [0.2, 0.25) is 0 Å². The van der Waals surface area contributed by atoms with Gasteiger partial charge in [0, 0.05) is 12.5 Å². The molecule has 2 nitrogen and oxygen atoms in total. The van der Waals surface area contributed by atoms with Crippen LogP contribution in [0.25, 0.3) is 0 Å². The van der Waals surface area contributed by atoms with Crippen LogP contribution in [0.2, 0.25) is 0 Å². The third-order valence-electron chi connectivity index (χ3n) is 1.65. The first kappa shape index (κ1) is 7.22. The van der Waals surface area contributed by atoms with Gasteiger partial charge in [-0.25, -0.2) is 0 Å². The van der Waals surface area contributed by atoms with Crippen LogP contribution in [0.3, 0.4) is 0 Å². The lowest BCUT2D eigenvalue weighted by Gasteiger charge is -2.01. The summed E-state index contributed by atoms with van der Waals surface area (Å²) in [6.45, 7) is 1.88. The molecule has 1 saturated heterocycles. The summed E-state index contributed by atoms with van der Waals surface area (Å²) in [6, 6.07) is 0. The normalized spacial score (nSPS) is 26.6. The van der Waals surface area contributed by atoms with Gasteiger partial charge >= 0.3 is 0 Å². The van der Waals surface area contributed by atoms with Gasteiger partial charge in [-0.1, -0.05) is 15.9 Å². The lowest BCUT2D eigenvalue weighted by molar-refractivity contribution is -0.119. The summed E-state index contributed by atoms with van der Waals surface area (Å²) >= 11 is 3.15. The maximum Gasteiger partial charge on any atom is 0.147 e. The number of rotatable bonds is 2. The quantitative estimate of drug-likeness (QED) is 0.647. The minimum atomic E-state index is 0.282. The Morgan fingerprint density at radius 3 is 3.00 bits per heavy atom. The van der Waals surface area contributed by atoms with E-state index in [4.69, 9.17) is 0 Å². The molecule has 1 unspecified atom stereocenters. The van der Waals surface area contributed by atoms with Crippen molar-refractivity contribution < 1.29 is 4.79 Å². The largest absolute Gasteiger partial charge is 0.316 e. The van der Waals surface area contributed by atoms with Crippen molar-refractivity contribution in [1.82, 2.24) is 5.32 Å². The summed E-state index contributed by atoms with van der Waals surface area (Å²) in [4.78, 5) is 10.9. The van der Waals surface area contributed by atoms with E-state index in [-0.39, 0.29) is 5.92 Å². The first-order valence-electron chi connectivity index (χ1n) is 3.14. The molecule has 0 bridgehead atoms. The van der Waals surface area contributed by atoms with E-state index in [2.05, 4.69) is 21.2 Å². The minimum absolute atomic E-state index is 0.282. The Labute approximate surface area is 63.1 Å². The summed E-state index contributed by atoms with van der Waals surface area (Å²) < 4.78 is 0. The fraction of sp³-hybridized carbons (Fsp3) is 0.833. The van der Waals surface area contributed by atoms with E-state index in [0.717, 1.165) is 19.5 Å². The van der Waals surface area contributed by atoms with E-state index in [1.165, 1.54) is 0 Å². The Bertz CT molecular complexity index is 110. The highest BCUT2D eigenvalue weighted by Gasteiger charge is 2.20. The molecule has 0 spiro atoms. The van der Waals surface area contributed by atoms with Crippen LogP contribution in [-0.4, -0.2) is 24.2 Å². The van der Waals surface area contributed by atoms with Gasteiger partial charge in [0.15, 0.2) is 0 Å². The molecule has 0 aliphatic carbocycles. The molecule has 1 fully saturated rings.